The summed E-state index contributed by atoms with van der Waals surface area (Å²) in [7, 11) is 5.45. The van der Waals surface area contributed by atoms with Gasteiger partial charge in [0.05, 0.1) is 51.7 Å². The summed E-state index contributed by atoms with van der Waals surface area (Å²) >= 11 is 4.85. The summed E-state index contributed by atoms with van der Waals surface area (Å²) in [5, 5.41) is 9.04. The number of ether oxygens (including phenoxy) is 3. The SMILES string of the molecule is CCOC(=O)C1=C(C)N=c2s/c(=C/c3cc(Br)c(OCc4ccc(C#N)cc4)c(OC)c3)c(=O)n2[C@@H]1c1ccc(N(C)C)cc1. The van der Waals surface area contributed by atoms with Gasteiger partial charge >= 0.3 is 5.97 Å². The topological polar surface area (TPSA) is 106 Å². The Balaban J connectivity index is 1.55. The Morgan fingerprint density at radius 1 is 1.16 bits per heavy atom. The van der Waals surface area contributed by atoms with Gasteiger partial charge in [0.2, 0.25) is 0 Å². The highest BCUT2D eigenvalue weighted by atomic mass is 79.9. The number of anilines is 1. The van der Waals surface area contributed by atoms with Gasteiger partial charge in [-0.2, -0.15) is 5.26 Å². The molecule has 230 valence electrons. The standard InChI is InChI=1S/C34H31BrN4O5S/c1-6-43-33(41)29-20(2)37-34-39(30(29)24-11-13-25(14-12-24)38(3)4)32(40)28(45-34)17-23-15-26(35)31(27(16-23)42-5)44-19-22-9-7-21(18-36)8-10-22/h7-17,30H,6,19H2,1-5H3/b28-17+/t30-/m1/s1. The first kappa shape index (κ1) is 31.8. The number of benzene rings is 3. The maximum absolute atomic E-state index is 14.0. The normalized spacial score (nSPS) is 14.3. The van der Waals surface area contributed by atoms with Crippen LogP contribution in [0.5, 0.6) is 11.5 Å². The van der Waals surface area contributed by atoms with Gasteiger partial charge in [0, 0.05) is 19.8 Å². The van der Waals surface area contributed by atoms with Crippen molar-refractivity contribution in [3.8, 4) is 17.6 Å². The second kappa shape index (κ2) is 13.5. The highest BCUT2D eigenvalue weighted by molar-refractivity contribution is 9.10. The van der Waals surface area contributed by atoms with Crippen LogP contribution < -0.4 is 29.3 Å². The Morgan fingerprint density at radius 2 is 1.87 bits per heavy atom. The number of allylic oxidation sites excluding steroid dienone is 1. The molecule has 9 nitrogen and oxygen atoms in total. The largest absolute Gasteiger partial charge is 0.493 e. The van der Waals surface area contributed by atoms with Crippen molar-refractivity contribution in [2.45, 2.75) is 26.5 Å². The molecule has 45 heavy (non-hydrogen) atoms. The summed E-state index contributed by atoms with van der Waals surface area (Å²) in [5.41, 5.74) is 4.53. The van der Waals surface area contributed by atoms with E-state index in [0.717, 1.165) is 16.8 Å². The van der Waals surface area contributed by atoms with E-state index < -0.39 is 12.0 Å². The van der Waals surface area contributed by atoms with Crippen molar-refractivity contribution in [2.24, 2.45) is 4.99 Å². The van der Waals surface area contributed by atoms with E-state index >= 15 is 0 Å². The number of methoxy groups -OCH3 is 1. The summed E-state index contributed by atoms with van der Waals surface area (Å²) < 4.78 is 19.8. The number of thiazole rings is 1. The van der Waals surface area contributed by atoms with Gasteiger partial charge in [-0.25, -0.2) is 9.79 Å². The maximum atomic E-state index is 14.0. The Kier molecular flexibility index (Phi) is 9.56. The van der Waals surface area contributed by atoms with E-state index in [1.165, 1.54) is 11.3 Å². The third kappa shape index (κ3) is 6.57. The van der Waals surface area contributed by atoms with Crippen LogP contribution in [0, 0.1) is 11.3 Å². The van der Waals surface area contributed by atoms with Gasteiger partial charge in [-0.3, -0.25) is 9.36 Å². The van der Waals surface area contributed by atoms with Crippen LogP contribution in [-0.4, -0.2) is 38.3 Å². The first-order valence-electron chi connectivity index (χ1n) is 14.1. The lowest BCUT2D eigenvalue weighted by Crippen LogP contribution is -2.39. The van der Waals surface area contributed by atoms with Crippen molar-refractivity contribution in [1.29, 1.82) is 5.26 Å². The van der Waals surface area contributed by atoms with Gasteiger partial charge in [0.1, 0.15) is 6.61 Å². The molecule has 1 aliphatic rings. The summed E-state index contributed by atoms with van der Waals surface area (Å²) in [6, 6.07) is 20.0. The number of hydrogen-bond donors (Lipinski definition) is 0. The van der Waals surface area contributed by atoms with Crippen molar-refractivity contribution in [3.05, 3.63) is 118 Å². The number of hydrogen-bond acceptors (Lipinski definition) is 9. The molecule has 0 unspecified atom stereocenters. The maximum Gasteiger partial charge on any atom is 0.338 e. The molecule has 4 aromatic rings. The molecule has 11 heteroatoms. The van der Waals surface area contributed by atoms with E-state index in [4.69, 9.17) is 19.5 Å². The minimum Gasteiger partial charge on any atom is -0.493 e. The molecule has 0 N–H and O–H groups in total. The highest BCUT2D eigenvalue weighted by Crippen LogP contribution is 2.37. The van der Waals surface area contributed by atoms with Crippen molar-refractivity contribution >= 4 is 45.0 Å². The molecule has 1 atom stereocenters. The van der Waals surface area contributed by atoms with Gasteiger partial charge in [-0.15, -0.1) is 0 Å². The van der Waals surface area contributed by atoms with Crippen LogP contribution in [0.3, 0.4) is 0 Å². The molecule has 0 fully saturated rings. The van der Waals surface area contributed by atoms with Gasteiger partial charge in [0.25, 0.3) is 5.56 Å². The number of halogens is 1. The summed E-state index contributed by atoms with van der Waals surface area (Å²) in [4.78, 5) is 34.4. The molecule has 0 amide bonds. The van der Waals surface area contributed by atoms with Crippen LogP contribution in [0.1, 0.15) is 42.1 Å². The number of nitriles is 1. The Labute approximate surface area is 273 Å². The Morgan fingerprint density at radius 3 is 2.49 bits per heavy atom. The zero-order valence-electron chi connectivity index (χ0n) is 25.5. The summed E-state index contributed by atoms with van der Waals surface area (Å²) in [6.45, 7) is 4.00. The average Bonchev–Trinajstić information content (AvgIpc) is 3.33. The molecular weight excluding hydrogens is 656 g/mol. The lowest BCUT2D eigenvalue weighted by molar-refractivity contribution is -0.139. The molecule has 2 heterocycles. The quantitative estimate of drug-likeness (QED) is 0.226. The van der Waals surface area contributed by atoms with Gasteiger partial charge < -0.3 is 19.1 Å². The van der Waals surface area contributed by atoms with Crippen molar-refractivity contribution in [1.82, 2.24) is 4.57 Å². The van der Waals surface area contributed by atoms with Crippen LogP contribution >= 0.6 is 27.3 Å². The molecule has 0 saturated carbocycles. The summed E-state index contributed by atoms with van der Waals surface area (Å²) in [6.07, 6.45) is 1.77. The van der Waals surface area contributed by atoms with E-state index in [9.17, 15) is 9.59 Å². The molecule has 0 saturated heterocycles. The molecule has 1 aliphatic heterocycles. The molecule has 1 aromatic heterocycles. The lowest BCUT2D eigenvalue weighted by atomic mass is 9.95. The van der Waals surface area contributed by atoms with Crippen LogP contribution in [0.15, 0.2) is 86.2 Å². The number of carbonyl (C=O) groups is 1. The number of carbonyl (C=O) groups excluding carboxylic acids is 1. The molecular formula is C34H31BrN4O5S. The predicted molar refractivity (Wildman–Crippen MR) is 177 cm³/mol. The van der Waals surface area contributed by atoms with Crippen LogP contribution in [0.2, 0.25) is 0 Å². The van der Waals surface area contributed by atoms with Crippen LogP contribution in [0.4, 0.5) is 5.69 Å². The molecule has 5 rings (SSSR count). The zero-order valence-corrected chi connectivity index (χ0v) is 27.9. The average molecular weight is 688 g/mol. The smallest absolute Gasteiger partial charge is 0.338 e. The molecule has 0 spiro atoms. The van der Waals surface area contributed by atoms with Crippen LogP contribution in [-0.2, 0) is 16.1 Å². The number of aromatic nitrogens is 1. The second-order valence-corrected chi connectivity index (χ2v) is 12.3. The fourth-order valence-corrected chi connectivity index (χ4v) is 6.63. The van der Waals surface area contributed by atoms with Crippen molar-refractivity contribution in [2.75, 3.05) is 32.7 Å². The zero-order chi connectivity index (χ0) is 32.2. The molecule has 0 bridgehead atoms. The van der Waals surface area contributed by atoms with E-state index in [1.807, 2.05) is 61.5 Å². The Bertz CT molecular complexity index is 2010. The minimum atomic E-state index is -0.696. The van der Waals surface area contributed by atoms with E-state index in [0.29, 0.717) is 47.7 Å². The first-order valence-corrected chi connectivity index (χ1v) is 15.7. The second-order valence-electron chi connectivity index (χ2n) is 10.4. The fourth-order valence-electron chi connectivity index (χ4n) is 5.01. The van der Waals surface area contributed by atoms with E-state index in [-0.39, 0.29) is 18.8 Å². The van der Waals surface area contributed by atoms with Gasteiger partial charge in [-0.05, 0) is 88.9 Å². The minimum absolute atomic E-state index is 0.205. The number of rotatable bonds is 9. The van der Waals surface area contributed by atoms with E-state index in [1.54, 1.807) is 49.8 Å². The van der Waals surface area contributed by atoms with Crippen LogP contribution in [0.25, 0.3) is 6.08 Å². The lowest BCUT2D eigenvalue weighted by Gasteiger charge is -2.25. The van der Waals surface area contributed by atoms with E-state index in [2.05, 4.69) is 27.0 Å². The third-order valence-corrected chi connectivity index (χ3v) is 8.83. The summed E-state index contributed by atoms with van der Waals surface area (Å²) in [5.74, 6) is 0.493. The monoisotopic (exact) mass is 686 g/mol. The van der Waals surface area contributed by atoms with Crippen molar-refractivity contribution < 1.29 is 19.0 Å². The van der Waals surface area contributed by atoms with Gasteiger partial charge in [0.15, 0.2) is 16.3 Å². The molecule has 3 aromatic carbocycles. The molecule has 0 aliphatic carbocycles. The number of esters is 1. The predicted octanol–water partition coefficient (Wildman–Crippen LogP) is 5.09. The Hall–Kier alpha value is -4.66. The first-order chi connectivity index (χ1) is 21.6. The van der Waals surface area contributed by atoms with Gasteiger partial charge in [-0.1, -0.05) is 35.6 Å². The third-order valence-electron chi connectivity index (χ3n) is 7.26. The number of nitrogens with zero attached hydrogens (tertiary/aromatic N) is 4. The number of fused-ring (bicyclic) bond motifs is 1. The van der Waals surface area contributed by atoms with Crippen molar-refractivity contribution in [3.63, 3.8) is 0 Å². The molecule has 0 radical (unpaired) electrons. The highest BCUT2D eigenvalue weighted by Gasteiger charge is 2.33. The fraction of sp³-hybridized carbons (Fsp3) is 0.235.